The van der Waals surface area contributed by atoms with Gasteiger partial charge in [0.25, 0.3) is 5.91 Å². The van der Waals surface area contributed by atoms with E-state index in [0.29, 0.717) is 77.0 Å². The van der Waals surface area contributed by atoms with Gasteiger partial charge in [0, 0.05) is 49.5 Å². The third-order valence-electron chi connectivity index (χ3n) is 12.7. The maximum Gasteiger partial charge on any atom is 0.426 e. The lowest BCUT2D eigenvalue weighted by atomic mass is 9.92. The summed E-state index contributed by atoms with van der Waals surface area (Å²) in [5.41, 5.74) is 11.2. The van der Waals surface area contributed by atoms with Crippen LogP contribution in [0.2, 0.25) is 0 Å². The van der Waals surface area contributed by atoms with E-state index in [0.717, 1.165) is 50.6 Å². The largest absolute Gasteiger partial charge is 0.508 e. The van der Waals surface area contributed by atoms with Crippen LogP contribution in [0.3, 0.4) is 0 Å². The smallest absolute Gasteiger partial charge is 0.426 e. The first-order valence-corrected chi connectivity index (χ1v) is 26.6. The molecule has 20 heteroatoms. The summed E-state index contributed by atoms with van der Waals surface area (Å²) in [5.74, 6) is -1.67. The van der Waals surface area contributed by atoms with Gasteiger partial charge in [-0.1, -0.05) is 73.4 Å². The molecule has 1 aliphatic rings. The Kier molecular flexibility index (Phi) is 29.2. The molecule has 19 nitrogen and oxygen atoms in total. The Morgan fingerprint density at radius 3 is 2.17 bits per heavy atom. The predicted molar refractivity (Wildman–Crippen MR) is 274 cm³/mol. The minimum atomic E-state index is -0.855. The molecule has 5 amide bonds. The molecule has 0 bridgehead atoms. The van der Waals surface area contributed by atoms with Gasteiger partial charge >= 0.3 is 6.09 Å². The fraction of sp³-hybridized carbons (Fsp3) is 0.725. The van der Waals surface area contributed by atoms with E-state index in [4.69, 9.17) is 34.4 Å². The summed E-state index contributed by atoms with van der Waals surface area (Å²) in [7, 11) is 1.97. The highest BCUT2D eigenvalue weighted by molar-refractivity contribution is 7.09. The third kappa shape index (κ3) is 22.1. The van der Waals surface area contributed by atoms with E-state index in [9.17, 15) is 29.1 Å². The van der Waals surface area contributed by atoms with Gasteiger partial charge < -0.3 is 50.1 Å². The minimum absolute atomic E-state index is 0.0298. The maximum absolute atomic E-state index is 14.8. The van der Waals surface area contributed by atoms with Gasteiger partial charge in [-0.25, -0.2) is 15.2 Å². The van der Waals surface area contributed by atoms with Crippen molar-refractivity contribution in [1.29, 1.82) is 0 Å². The number of likely N-dealkylation sites (tertiary alicyclic amines) is 1. The Bertz CT molecular complexity index is 1860. The molecular formula is C51H86N8O11S. The molecule has 1 fully saturated rings. The molecule has 0 radical (unpaired) electrons. The van der Waals surface area contributed by atoms with Crippen LogP contribution in [0.15, 0.2) is 29.6 Å². The molecule has 2 aromatic rings. The van der Waals surface area contributed by atoms with Crippen molar-refractivity contribution < 1.29 is 52.8 Å². The molecular weight excluding hydrogens is 933 g/mol. The second kappa shape index (κ2) is 34.1. The van der Waals surface area contributed by atoms with Crippen molar-refractivity contribution in [3.8, 4) is 5.75 Å². The number of aromatic nitrogens is 1. The summed E-state index contributed by atoms with van der Waals surface area (Å²) in [5, 5.41) is 18.4. The Balaban J connectivity index is 1.71. The third-order valence-corrected chi connectivity index (χ3v) is 13.6. The summed E-state index contributed by atoms with van der Waals surface area (Å²) in [6.07, 6.45) is 5.27. The fourth-order valence-corrected chi connectivity index (χ4v) is 9.21. The van der Waals surface area contributed by atoms with E-state index in [-0.39, 0.29) is 66.8 Å². The normalized spacial score (nSPS) is 16.6. The van der Waals surface area contributed by atoms with Crippen LogP contribution in [0.25, 0.3) is 0 Å². The van der Waals surface area contributed by atoms with E-state index >= 15 is 0 Å². The molecule has 1 saturated heterocycles. The summed E-state index contributed by atoms with van der Waals surface area (Å²) >= 11 is 1.32. The molecule has 0 aliphatic carbocycles. The van der Waals surface area contributed by atoms with Crippen LogP contribution in [0, 0.1) is 17.8 Å². The Morgan fingerprint density at radius 2 is 1.55 bits per heavy atom. The number of nitrogens with one attached hydrogen (secondary N) is 4. The maximum atomic E-state index is 14.8. The summed E-state index contributed by atoms with van der Waals surface area (Å²) < 4.78 is 27.6. The van der Waals surface area contributed by atoms with Crippen molar-refractivity contribution in [3.63, 3.8) is 0 Å². The Hall–Kier alpha value is -4.44. The number of aromatic hydroxyl groups is 1. The van der Waals surface area contributed by atoms with Crippen LogP contribution in [0.1, 0.15) is 133 Å². The number of benzene rings is 1. The molecule has 2 heterocycles. The number of hydrazine groups is 1. The number of ether oxygens (including phenoxy) is 5. The number of hydrogen-bond acceptors (Lipinski definition) is 15. The first kappa shape index (κ1) is 60.9. The number of aryl methyl sites for hydroxylation is 1. The Labute approximate surface area is 426 Å². The van der Waals surface area contributed by atoms with Gasteiger partial charge in [-0.3, -0.25) is 29.5 Å². The van der Waals surface area contributed by atoms with Gasteiger partial charge in [0.2, 0.25) is 17.7 Å². The van der Waals surface area contributed by atoms with E-state index in [2.05, 4.69) is 40.2 Å². The number of nitrogens with zero attached hydrogens (tertiary/aromatic N) is 3. The standard InChI is InChI=1S/C51H86N8O11S/c1-9-22-59(50(64)45(36(6)11-3)55-48(63)42-14-12-13-23-58(42)8)43(35(4)5)33-44(69-24-10-2)49-54-41(34-71-49)47(62)53-39(18-15-38-16-19-40(60)20-17-38)32-37(7)46(61)56-57-51(65)70-31-30-68-29-28-67-27-26-66-25-21-52/h16-17,19-20,34-37,39,42-45,60H,9-15,18,21-33,52H2,1-8H3,(H,53,62)(H,55,63)(H,56,61)(H,57,65)/t36-,37-,39-,42+,43+,44+,45-/m0/s1. The first-order chi connectivity index (χ1) is 34.1. The number of likely N-dealkylation sites (N-methyl/N-ethyl adjacent to an activating group) is 1. The lowest BCUT2D eigenvalue weighted by molar-refractivity contribution is -0.143. The summed E-state index contributed by atoms with van der Waals surface area (Å²) in [6.45, 7) is 18.3. The highest BCUT2D eigenvalue weighted by Crippen LogP contribution is 2.32. The molecule has 0 saturated carbocycles. The monoisotopic (exact) mass is 1020 g/mol. The van der Waals surface area contributed by atoms with Gasteiger partial charge in [-0.2, -0.15) is 0 Å². The van der Waals surface area contributed by atoms with Gasteiger partial charge in [0.05, 0.1) is 45.7 Å². The van der Waals surface area contributed by atoms with Crippen LogP contribution >= 0.6 is 11.3 Å². The fourth-order valence-electron chi connectivity index (χ4n) is 8.35. The molecule has 0 spiro atoms. The lowest BCUT2D eigenvalue weighted by Gasteiger charge is -2.40. The van der Waals surface area contributed by atoms with E-state index in [1.54, 1.807) is 36.6 Å². The zero-order chi connectivity index (χ0) is 52.1. The highest BCUT2D eigenvalue weighted by Gasteiger charge is 2.38. The number of hydrogen-bond donors (Lipinski definition) is 6. The number of phenols is 1. The van der Waals surface area contributed by atoms with E-state index in [1.165, 1.54) is 11.3 Å². The van der Waals surface area contributed by atoms with E-state index in [1.807, 2.05) is 39.6 Å². The minimum Gasteiger partial charge on any atom is -0.508 e. The van der Waals surface area contributed by atoms with Crippen molar-refractivity contribution in [2.24, 2.45) is 23.5 Å². The second-order valence-electron chi connectivity index (χ2n) is 18.8. The molecule has 402 valence electrons. The SMILES string of the molecule is CCCO[C@H](C[C@H](C(C)C)N(CCC)C(=O)[C@@H](NC(=O)[C@H]1CCCCN1C)[C@@H](C)CC)c1nc(C(=O)N[C@@H](CCc2ccc(O)cc2)C[C@H](C)C(=O)NNC(=O)OCCOCCOCCOCCN)cs1. The van der Waals surface area contributed by atoms with Crippen molar-refractivity contribution in [3.05, 3.63) is 45.9 Å². The molecule has 1 aromatic carbocycles. The molecule has 1 aliphatic heterocycles. The van der Waals surface area contributed by atoms with Crippen molar-refractivity contribution >= 4 is 41.1 Å². The number of carbonyl (C=O) groups excluding carboxylic acids is 5. The van der Waals surface area contributed by atoms with E-state index < -0.39 is 42.0 Å². The van der Waals surface area contributed by atoms with Gasteiger partial charge in [-0.15, -0.1) is 11.3 Å². The number of piperidine rings is 1. The molecule has 1 aromatic heterocycles. The highest BCUT2D eigenvalue weighted by atomic mass is 32.1. The van der Waals surface area contributed by atoms with Crippen molar-refractivity contribution in [2.45, 2.75) is 143 Å². The molecule has 71 heavy (non-hydrogen) atoms. The first-order valence-electron chi connectivity index (χ1n) is 25.8. The number of rotatable bonds is 34. The topological polar surface area (TPSA) is 245 Å². The van der Waals surface area contributed by atoms with Crippen LogP contribution in [-0.4, -0.2) is 153 Å². The predicted octanol–water partition coefficient (Wildman–Crippen LogP) is 5.51. The van der Waals surface area contributed by atoms with Gasteiger partial charge in [0.1, 0.15) is 35.2 Å². The van der Waals surface area contributed by atoms with Crippen LogP contribution in [-0.2, 0) is 44.5 Å². The number of phenolic OH excluding ortho intramolecular Hbond substituents is 1. The molecule has 7 atom stereocenters. The average Bonchev–Trinajstić information content (AvgIpc) is 3.86. The van der Waals surface area contributed by atoms with Gasteiger partial charge in [0.15, 0.2) is 0 Å². The number of amides is 5. The molecule has 7 N–H and O–H groups in total. The number of thiazole rings is 1. The second-order valence-corrected chi connectivity index (χ2v) is 19.7. The zero-order valence-electron chi connectivity index (χ0n) is 43.7. The average molecular weight is 1020 g/mol. The zero-order valence-corrected chi connectivity index (χ0v) is 44.5. The Morgan fingerprint density at radius 1 is 0.873 bits per heavy atom. The number of nitrogens with two attached hydrogens (primary N) is 1. The quantitative estimate of drug-likeness (QED) is 0.0374. The molecule has 3 rings (SSSR count). The van der Waals surface area contributed by atoms with Crippen LogP contribution in [0.5, 0.6) is 5.75 Å². The van der Waals surface area contributed by atoms with Crippen LogP contribution < -0.4 is 27.2 Å². The summed E-state index contributed by atoms with van der Waals surface area (Å²) in [4.78, 5) is 76.9. The lowest BCUT2D eigenvalue weighted by Crippen LogP contribution is -2.58. The van der Waals surface area contributed by atoms with Gasteiger partial charge in [-0.05, 0) is 88.1 Å². The summed E-state index contributed by atoms with van der Waals surface area (Å²) in [6, 6.07) is 5.11. The van der Waals surface area contributed by atoms with Crippen LogP contribution in [0.4, 0.5) is 4.79 Å². The van der Waals surface area contributed by atoms with Crippen molar-refractivity contribution in [1.82, 2.24) is 36.3 Å². The molecule has 0 unspecified atom stereocenters. The van der Waals surface area contributed by atoms with Crippen molar-refractivity contribution in [2.75, 3.05) is 79.5 Å². The number of carbonyl (C=O) groups is 5.